The lowest BCUT2D eigenvalue weighted by atomic mass is 9.44. The second-order valence-electron chi connectivity index (χ2n) is 9.12. The molecule has 2 aliphatic heterocycles. The van der Waals surface area contributed by atoms with Gasteiger partial charge in [0.2, 0.25) is 0 Å². The fourth-order valence-corrected chi connectivity index (χ4v) is 6.16. The van der Waals surface area contributed by atoms with Crippen molar-refractivity contribution in [1.29, 1.82) is 0 Å². The molecule has 2 aliphatic carbocycles. The van der Waals surface area contributed by atoms with Crippen LogP contribution in [0.25, 0.3) is 0 Å². The number of ether oxygens (including phenoxy) is 2. The summed E-state index contributed by atoms with van der Waals surface area (Å²) in [6.07, 6.45) is 9.49. The Balaban J connectivity index is 1.57. The molecule has 2 saturated carbocycles. The predicted octanol–water partition coefficient (Wildman–Crippen LogP) is 4.26. The normalized spacial score (nSPS) is 51.6. The van der Waals surface area contributed by atoms with Crippen LogP contribution < -0.4 is 0 Å². The maximum absolute atomic E-state index is 11.3. The maximum Gasteiger partial charge on any atom is 0.331 e. The Morgan fingerprint density at radius 2 is 2.00 bits per heavy atom. The van der Waals surface area contributed by atoms with Gasteiger partial charge in [-0.3, -0.25) is 0 Å². The van der Waals surface area contributed by atoms with Crippen LogP contribution in [-0.2, 0) is 14.3 Å². The molecule has 0 aromatic rings. The number of carbonyl (C=O) groups excluding carboxylic acids is 1. The third-order valence-corrected chi connectivity index (χ3v) is 8.29. The highest BCUT2D eigenvalue weighted by molar-refractivity contribution is 5.85. The van der Waals surface area contributed by atoms with E-state index < -0.39 is 0 Å². The van der Waals surface area contributed by atoms with E-state index in [4.69, 9.17) is 9.47 Å². The van der Waals surface area contributed by atoms with Crippen LogP contribution in [0.15, 0.2) is 11.6 Å². The lowest BCUT2D eigenvalue weighted by Crippen LogP contribution is -2.56. The van der Waals surface area contributed by atoms with E-state index in [9.17, 15) is 4.79 Å². The number of esters is 1. The third-order valence-electron chi connectivity index (χ3n) is 8.29. The fraction of sp³-hybridized carbons (Fsp3) is 0.850. The summed E-state index contributed by atoms with van der Waals surface area (Å²) in [5.41, 5.74) is 1.94. The van der Waals surface area contributed by atoms with E-state index in [1.807, 2.05) is 0 Å². The molecule has 128 valence electrons. The first kappa shape index (κ1) is 15.7. The minimum Gasteiger partial charge on any atom is -0.458 e. The van der Waals surface area contributed by atoms with Crippen molar-refractivity contribution in [3.8, 4) is 0 Å². The van der Waals surface area contributed by atoms with Gasteiger partial charge in [0, 0.05) is 11.5 Å². The van der Waals surface area contributed by atoms with Crippen LogP contribution in [0.2, 0.25) is 0 Å². The zero-order valence-electron chi connectivity index (χ0n) is 15.0. The minimum atomic E-state index is -0.161. The van der Waals surface area contributed by atoms with Gasteiger partial charge in [0.1, 0.15) is 6.61 Å². The van der Waals surface area contributed by atoms with E-state index >= 15 is 0 Å². The van der Waals surface area contributed by atoms with E-state index in [-0.39, 0.29) is 11.6 Å². The average Bonchev–Trinajstić information content (AvgIpc) is 3.02. The van der Waals surface area contributed by atoms with Crippen molar-refractivity contribution < 1.29 is 14.3 Å². The molecule has 0 aromatic carbocycles. The van der Waals surface area contributed by atoms with Gasteiger partial charge in [-0.15, -0.1) is 0 Å². The van der Waals surface area contributed by atoms with Gasteiger partial charge in [-0.2, -0.15) is 0 Å². The monoisotopic (exact) mass is 318 g/mol. The smallest absolute Gasteiger partial charge is 0.331 e. The van der Waals surface area contributed by atoms with Gasteiger partial charge in [-0.25, -0.2) is 4.79 Å². The van der Waals surface area contributed by atoms with Crippen LogP contribution in [0, 0.1) is 22.7 Å². The van der Waals surface area contributed by atoms with Crippen molar-refractivity contribution in [2.75, 3.05) is 6.61 Å². The van der Waals surface area contributed by atoms with Gasteiger partial charge < -0.3 is 9.47 Å². The number of hydrogen-bond donors (Lipinski definition) is 0. The molecule has 6 atom stereocenters. The van der Waals surface area contributed by atoms with Crippen molar-refractivity contribution >= 4 is 5.97 Å². The molecule has 3 nitrogen and oxygen atoms in total. The second-order valence-corrected chi connectivity index (χ2v) is 9.12. The first-order valence-corrected chi connectivity index (χ1v) is 9.34. The zero-order valence-corrected chi connectivity index (χ0v) is 15.0. The molecule has 1 saturated heterocycles. The van der Waals surface area contributed by atoms with Gasteiger partial charge >= 0.3 is 5.97 Å². The van der Waals surface area contributed by atoms with Gasteiger partial charge in [0.25, 0.3) is 0 Å². The summed E-state index contributed by atoms with van der Waals surface area (Å²) in [5, 5.41) is 0. The Morgan fingerprint density at radius 3 is 2.70 bits per heavy atom. The van der Waals surface area contributed by atoms with Crippen molar-refractivity contribution in [1.82, 2.24) is 0 Å². The number of hydrogen-bond acceptors (Lipinski definition) is 3. The number of rotatable bonds is 3. The highest BCUT2D eigenvalue weighted by atomic mass is 16.6. The molecule has 0 N–H and O–H groups in total. The van der Waals surface area contributed by atoms with E-state index in [0.29, 0.717) is 23.5 Å². The topological polar surface area (TPSA) is 38.8 Å². The van der Waals surface area contributed by atoms with Gasteiger partial charge in [0.15, 0.2) is 0 Å². The first-order valence-electron chi connectivity index (χ1n) is 9.34. The van der Waals surface area contributed by atoms with Gasteiger partial charge in [0.05, 0.1) is 11.7 Å². The Hall–Kier alpha value is -0.830. The van der Waals surface area contributed by atoms with Crippen LogP contribution in [0.5, 0.6) is 0 Å². The van der Waals surface area contributed by atoms with Gasteiger partial charge in [-0.1, -0.05) is 20.8 Å². The summed E-state index contributed by atoms with van der Waals surface area (Å²) < 4.78 is 11.3. The first-order chi connectivity index (χ1) is 10.8. The van der Waals surface area contributed by atoms with E-state index in [1.165, 1.54) is 31.3 Å². The number of carbonyl (C=O) groups is 1. The molecule has 0 unspecified atom stereocenters. The van der Waals surface area contributed by atoms with E-state index in [0.717, 1.165) is 24.7 Å². The summed E-state index contributed by atoms with van der Waals surface area (Å²) in [7, 11) is 0. The van der Waals surface area contributed by atoms with Crippen LogP contribution in [-0.4, -0.2) is 24.3 Å². The number of fused-ring (bicyclic) bond motifs is 3. The molecule has 3 heteroatoms. The lowest BCUT2D eigenvalue weighted by molar-refractivity contribution is -0.134. The molecule has 0 radical (unpaired) electrons. The average molecular weight is 318 g/mol. The van der Waals surface area contributed by atoms with Gasteiger partial charge in [-0.05, 0) is 68.3 Å². The van der Waals surface area contributed by atoms with Crippen molar-refractivity contribution in [3.63, 3.8) is 0 Å². The summed E-state index contributed by atoms with van der Waals surface area (Å²) in [6, 6.07) is 0. The molecule has 3 fully saturated rings. The number of epoxide rings is 1. The van der Waals surface area contributed by atoms with E-state index in [1.54, 1.807) is 6.08 Å². The number of cyclic esters (lactones) is 1. The predicted molar refractivity (Wildman–Crippen MR) is 88.9 cm³/mol. The Morgan fingerprint density at radius 1 is 1.22 bits per heavy atom. The molecule has 2 heterocycles. The summed E-state index contributed by atoms with van der Waals surface area (Å²) >= 11 is 0. The quantitative estimate of drug-likeness (QED) is 0.576. The molecule has 0 bridgehead atoms. The van der Waals surface area contributed by atoms with Crippen molar-refractivity contribution in [2.45, 2.75) is 77.9 Å². The molecule has 0 amide bonds. The molecular formula is C20H30O3. The Kier molecular flexibility index (Phi) is 3.30. The van der Waals surface area contributed by atoms with Crippen LogP contribution in [0.4, 0.5) is 0 Å². The molecule has 0 spiro atoms. The highest BCUT2D eigenvalue weighted by Gasteiger charge is 2.71. The maximum atomic E-state index is 11.3. The summed E-state index contributed by atoms with van der Waals surface area (Å²) in [5.74, 6) is 1.30. The van der Waals surface area contributed by atoms with Crippen LogP contribution >= 0.6 is 0 Å². The molecular weight excluding hydrogens is 288 g/mol. The SMILES string of the molecule is C[C@@H]1CC[C@@]2(C)[C@H](CC[C@@H]3O[C@@]32C)[C@@]1(C)CCC1=CC(=O)OC1. The standard InChI is InChI=1S/C20H30O3/c1-13-7-10-19(3)15(5-6-16-20(19,4)23-16)18(13,2)9-8-14-11-17(21)22-12-14/h11,13,15-16H,5-10,12H2,1-4H3/t13-,15-,16+,18+,19+,20+/m1/s1. The third kappa shape index (κ3) is 2.08. The van der Waals surface area contributed by atoms with Crippen LogP contribution in [0.1, 0.15) is 66.2 Å². The highest BCUT2D eigenvalue weighted by Crippen LogP contribution is 2.70. The zero-order chi connectivity index (χ0) is 16.5. The summed E-state index contributed by atoms with van der Waals surface area (Å²) in [6.45, 7) is 10.3. The van der Waals surface area contributed by atoms with Crippen molar-refractivity contribution in [3.05, 3.63) is 11.6 Å². The largest absolute Gasteiger partial charge is 0.458 e. The molecule has 23 heavy (non-hydrogen) atoms. The minimum absolute atomic E-state index is 0.114. The molecule has 0 aromatic heterocycles. The van der Waals surface area contributed by atoms with E-state index in [2.05, 4.69) is 27.7 Å². The second kappa shape index (κ2) is 4.84. The Bertz CT molecular complexity index is 567. The Labute approximate surface area is 139 Å². The fourth-order valence-electron chi connectivity index (χ4n) is 6.16. The van der Waals surface area contributed by atoms with Crippen LogP contribution in [0.3, 0.4) is 0 Å². The van der Waals surface area contributed by atoms with Crippen molar-refractivity contribution in [2.24, 2.45) is 22.7 Å². The molecule has 4 rings (SSSR count). The lowest BCUT2D eigenvalue weighted by Gasteiger charge is -2.59. The summed E-state index contributed by atoms with van der Waals surface area (Å²) in [4.78, 5) is 11.3. The molecule has 4 aliphatic rings.